The molecule has 1 rings (SSSR count). The van der Waals surface area contributed by atoms with Gasteiger partial charge in [-0.1, -0.05) is 46.8 Å². The Hall–Kier alpha value is -1.35. The highest BCUT2D eigenvalue weighted by atomic mass is 79.9. The minimum Gasteiger partial charge on any atom is -0.458 e. The van der Waals surface area contributed by atoms with Gasteiger partial charge in [-0.2, -0.15) is 0 Å². The molecule has 0 amide bonds. The van der Waals surface area contributed by atoms with Crippen LogP contribution in [-0.2, 0) is 9.53 Å². The molecular formula is C12H11BrO2. The first-order chi connectivity index (χ1) is 7.24. The normalized spacial score (nSPS) is 10.2. The standard InChI is InChI=1S/C12H11BrO2/c1-2-9-15-12(14)8-7-10-5-3-4-6-11(10)13/h2-8H,1,9H2. The zero-order chi connectivity index (χ0) is 11.1. The van der Waals surface area contributed by atoms with Crippen molar-refractivity contribution in [1.29, 1.82) is 0 Å². The molecule has 0 atom stereocenters. The highest BCUT2D eigenvalue weighted by Crippen LogP contribution is 2.16. The summed E-state index contributed by atoms with van der Waals surface area (Å²) in [6.45, 7) is 3.69. The van der Waals surface area contributed by atoms with Gasteiger partial charge in [0.2, 0.25) is 0 Å². The van der Waals surface area contributed by atoms with Crippen LogP contribution in [-0.4, -0.2) is 12.6 Å². The number of hydrogen-bond donors (Lipinski definition) is 0. The van der Waals surface area contributed by atoms with Crippen LogP contribution < -0.4 is 0 Å². The Labute approximate surface area is 97.4 Å². The molecule has 0 bridgehead atoms. The van der Waals surface area contributed by atoms with Crippen molar-refractivity contribution in [1.82, 2.24) is 0 Å². The van der Waals surface area contributed by atoms with Crippen LogP contribution in [0.4, 0.5) is 0 Å². The van der Waals surface area contributed by atoms with Gasteiger partial charge in [-0.05, 0) is 17.7 Å². The first-order valence-electron chi connectivity index (χ1n) is 4.44. The van der Waals surface area contributed by atoms with Crippen LogP contribution in [0.3, 0.4) is 0 Å². The molecule has 0 aliphatic carbocycles. The fourth-order valence-electron chi connectivity index (χ4n) is 0.957. The van der Waals surface area contributed by atoms with Gasteiger partial charge in [0.25, 0.3) is 0 Å². The molecule has 0 aliphatic heterocycles. The fraction of sp³-hybridized carbons (Fsp3) is 0.0833. The van der Waals surface area contributed by atoms with E-state index < -0.39 is 0 Å². The maximum Gasteiger partial charge on any atom is 0.331 e. The molecule has 0 radical (unpaired) electrons. The highest BCUT2D eigenvalue weighted by molar-refractivity contribution is 9.10. The molecule has 0 spiro atoms. The molecule has 78 valence electrons. The van der Waals surface area contributed by atoms with Gasteiger partial charge in [-0.15, -0.1) is 0 Å². The maximum atomic E-state index is 11.1. The summed E-state index contributed by atoms with van der Waals surface area (Å²) in [5.74, 6) is -0.370. The second-order valence-electron chi connectivity index (χ2n) is 2.77. The Morgan fingerprint density at radius 1 is 1.47 bits per heavy atom. The number of rotatable bonds is 4. The van der Waals surface area contributed by atoms with Crippen LogP contribution >= 0.6 is 15.9 Å². The summed E-state index contributed by atoms with van der Waals surface area (Å²) < 4.78 is 5.74. The molecule has 0 fully saturated rings. The van der Waals surface area contributed by atoms with E-state index in [4.69, 9.17) is 4.74 Å². The lowest BCUT2D eigenvalue weighted by molar-refractivity contribution is -0.136. The van der Waals surface area contributed by atoms with Crippen LogP contribution in [0.1, 0.15) is 5.56 Å². The molecule has 15 heavy (non-hydrogen) atoms. The van der Waals surface area contributed by atoms with E-state index in [0.717, 1.165) is 10.0 Å². The van der Waals surface area contributed by atoms with Crippen molar-refractivity contribution in [3.63, 3.8) is 0 Å². The van der Waals surface area contributed by atoms with Gasteiger partial charge in [0.15, 0.2) is 0 Å². The van der Waals surface area contributed by atoms with Gasteiger partial charge >= 0.3 is 5.97 Å². The topological polar surface area (TPSA) is 26.3 Å². The van der Waals surface area contributed by atoms with E-state index in [1.54, 1.807) is 6.08 Å². The Kier molecular flexibility index (Phi) is 4.84. The largest absolute Gasteiger partial charge is 0.458 e. The zero-order valence-corrected chi connectivity index (χ0v) is 9.74. The number of halogens is 1. The number of carbonyl (C=O) groups is 1. The lowest BCUT2D eigenvalue weighted by Crippen LogP contribution is -1.99. The van der Waals surface area contributed by atoms with Crippen molar-refractivity contribution in [2.45, 2.75) is 0 Å². The van der Waals surface area contributed by atoms with E-state index >= 15 is 0 Å². The molecule has 2 nitrogen and oxygen atoms in total. The summed E-state index contributed by atoms with van der Waals surface area (Å²) in [4.78, 5) is 11.1. The summed E-state index contributed by atoms with van der Waals surface area (Å²) in [5, 5.41) is 0. The second kappa shape index (κ2) is 6.19. The van der Waals surface area contributed by atoms with Crippen molar-refractivity contribution >= 4 is 28.0 Å². The number of esters is 1. The lowest BCUT2D eigenvalue weighted by Gasteiger charge is -1.97. The first-order valence-corrected chi connectivity index (χ1v) is 5.23. The van der Waals surface area contributed by atoms with E-state index in [2.05, 4.69) is 22.5 Å². The number of benzene rings is 1. The summed E-state index contributed by atoms with van der Waals surface area (Å²) in [5.41, 5.74) is 0.938. The van der Waals surface area contributed by atoms with Crippen LogP contribution in [0.2, 0.25) is 0 Å². The first kappa shape index (κ1) is 11.7. The summed E-state index contributed by atoms with van der Waals surface area (Å²) in [6.07, 6.45) is 4.63. The molecule has 0 saturated carbocycles. The monoisotopic (exact) mass is 266 g/mol. The molecule has 0 N–H and O–H groups in total. The Morgan fingerprint density at radius 3 is 2.87 bits per heavy atom. The van der Waals surface area contributed by atoms with Crippen molar-refractivity contribution < 1.29 is 9.53 Å². The van der Waals surface area contributed by atoms with Crippen LogP contribution in [0.15, 0.2) is 47.5 Å². The van der Waals surface area contributed by atoms with Crippen LogP contribution in [0, 0.1) is 0 Å². The third-order valence-electron chi connectivity index (χ3n) is 1.65. The van der Waals surface area contributed by atoms with Gasteiger partial charge in [-0.3, -0.25) is 0 Å². The molecule has 0 unspecified atom stereocenters. The van der Waals surface area contributed by atoms with Gasteiger partial charge in [0, 0.05) is 10.5 Å². The van der Waals surface area contributed by atoms with E-state index in [9.17, 15) is 4.79 Å². The summed E-state index contributed by atoms with van der Waals surface area (Å²) in [7, 11) is 0. The Balaban J connectivity index is 2.61. The quantitative estimate of drug-likeness (QED) is 0.475. The average Bonchev–Trinajstić information content (AvgIpc) is 2.25. The fourth-order valence-corrected chi connectivity index (χ4v) is 1.37. The summed E-state index contributed by atoms with van der Waals surface area (Å²) in [6, 6.07) is 7.63. The second-order valence-corrected chi connectivity index (χ2v) is 3.63. The predicted octanol–water partition coefficient (Wildman–Crippen LogP) is 3.19. The molecule has 0 heterocycles. The van der Waals surface area contributed by atoms with Crippen molar-refractivity contribution in [2.75, 3.05) is 6.61 Å². The SMILES string of the molecule is C=CCOC(=O)C=Cc1ccccc1Br. The molecule has 3 heteroatoms. The molecule has 0 aromatic heterocycles. The molecule has 1 aromatic rings. The molecule has 0 aliphatic rings. The van der Waals surface area contributed by atoms with Crippen molar-refractivity contribution in [3.05, 3.63) is 53.0 Å². The Bertz CT molecular complexity index is 383. The van der Waals surface area contributed by atoms with E-state index in [1.165, 1.54) is 12.2 Å². The zero-order valence-electron chi connectivity index (χ0n) is 8.15. The van der Waals surface area contributed by atoms with E-state index in [-0.39, 0.29) is 12.6 Å². The highest BCUT2D eigenvalue weighted by Gasteiger charge is 1.96. The van der Waals surface area contributed by atoms with Gasteiger partial charge in [0.05, 0.1) is 0 Å². The average molecular weight is 267 g/mol. The van der Waals surface area contributed by atoms with Gasteiger partial charge in [0.1, 0.15) is 6.61 Å². The number of hydrogen-bond acceptors (Lipinski definition) is 2. The van der Waals surface area contributed by atoms with E-state index in [0.29, 0.717) is 0 Å². The van der Waals surface area contributed by atoms with Gasteiger partial charge < -0.3 is 4.74 Å². The number of ether oxygens (including phenoxy) is 1. The van der Waals surface area contributed by atoms with E-state index in [1.807, 2.05) is 24.3 Å². The summed E-state index contributed by atoms with van der Waals surface area (Å²) >= 11 is 3.38. The molecular weight excluding hydrogens is 256 g/mol. The minimum absolute atomic E-state index is 0.235. The third kappa shape index (κ3) is 4.13. The molecule has 1 aromatic carbocycles. The van der Waals surface area contributed by atoms with Crippen LogP contribution in [0.25, 0.3) is 6.08 Å². The smallest absolute Gasteiger partial charge is 0.331 e. The third-order valence-corrected chi connectivity index (χ3v) is 2.37. The van der Waals surface area contributed by atoms with Gasteiger partial charge in [-0.25, -0.2) is 4.79 Å². The van der Waals surface area contributed by atoms with Crippen LogP contribution in [0.5, 0.6) is 0 Å². The predicted molar refractivity (Wildman–Crippen MR) is 64.3 cm³/mol. The Morgan fingerprint density at radius 2 is 2.20 bits per heavy atom. The van der Waals surface area contributed by atoms with Crippen molar-refractivity contribution in [2.24, 2.45) is 0 Å². The van der Waals surface area contributed by atoms with Crippen molar-refractivity contribution in [3.8, 4) is 0 Å². The maximum absolute atomic E-state index is 11.1. The lowest BCUT2D eigenvalue weighted by atomic mass is 10.2. The number of carbonyl (C=O) groups excluding carboxylic acids is 1. The molecule has 0 saturated heterocycles. The minimum atomic E-state index is -0.370.